The summed E-state index contributed by atoms with van der Waals surface area (Å²) < 4.78 is 5.67. The second-order valence-electron chi connectivity index (χ2n) is 4.60. The lowest BCUT2D eigenvalue weighted by molar-refractivity contribution is -0.385. The normalized spacial score (nSPS) is 10.2. The van der Waals surface area contributed by atoms with Gasteiger partial charge in [0, 0.05) is 6.07 Å². The minimum atomic E-state index is -0.571. The van der Waals surface area contributed by atoms with Crippen LogP contribution in [0.5, 0.6) is 11.5 Å². The van der Waals surface area contributed by atoms with E-state index in [-0.39, 0.29) is 17.0 Å². The van der Waals surface area contributed by atoms with Crippen molar-refractivity contribution in [1.82, 2.24) is 0 Å². The van der Waals surface area contributed by atoms with E-state index in [4.69, 9.17) is 4.74 Å². The van der Waals surface area contributed by atoms with Crippen molar-refractivity contribution < 1.29 is 14.5 Å². The molecule has 0 atom stereocenters. The third kappa shape index (κ3) is 3.45. The van der Waals surface area contributed by atoms with Gasteiger partial charge in [-0.05, 0) is 43.2 Å². The van der Waals surface area contributed by atoms with E-state index in [1.165, 1.54) is 25.1 Å². The van der Waals surface area contributed by atoms with Crippen LogP contribution in [0.1, 0.15) is 29.8 Å². The van der Waals surface area contributed by atoms with E-state index in [1.807, 2.05) is 25.1 Å². The smallest absolute Gasteiger partial charge is 0.280 e. The molecule has 2 aromatic carbocycles. The van der Waals surface area contributed by atoms with Crippen molar-refractivity contribution in [2.45, 2.75) is 20.3 Å². The Morgan fingerprint density at radius 3 is 2.52 bits per heavy atom. The predicted octanol–water partition coefficient (Wildman–Crippen LogP) is 4.15. The minimum absolute atomic E-state index is 0.0455. The number of hydrogen-bond acceptors (Lipinski definition) is 4. The highest BCUT2D eigenvalue weighted by Gasteiger charge is 2.18. The maximum absolute atomic E-state index is 11.5. The molecule has 108 valence electrons. The van der Waals surface area contributed by atoms with Crippen LogP contribution in [-0.4, -0.2) is 10.7 Å². The van der Waals surface area contributed by atoms with Gasteiger partial charge < -0.3 is 4.74 Å². The number of carbonyl (C=O) groups is 1. The van der Waals surface area contributed by atoms with Crippen LogP contribution in [0.25, 0.3) is 0 Å². The van der Waals surface area contributed by atoms with Crippen LogP contribution < -0.4 is 4.74 Å². The molecule has 21 heavy (non-hydrogen) atoms. The molecule has 2 aromatic rings. The number of Topliss-reactive ketones (excluding diaryl/α,β-unsaturated/α-hetero) is 1. The molecule has 2 rings (SSSR count). The lowest BCUT2D eigenvalue weighted by Crippen LogP contribution is -2.00. The van der Waals surface area contributed by atoms with Gasteiger partial charge >= 0.3 is 0 Å². The van der Waals surface area contributed by atoms with E-state index in [0.29, 0.717) is 11.5 Å². The summed E-state index contributed by atoms with van der Waals surface area (Å²) in [4.78, 5) is 21.8. The molecule has 0 aliphatic carbocycles. The molecule has 0 unspecified atom stereocenters. The Morgan fingerprint density at radius 1 is 1.19 bits per heavy atom. The number of rotatable bonds is 5. The lowest BCUT2D eigenvalue weighted by Gasteiger charge is -2.08. The summed E-state index contributed by atoms with van der Waals surface area (Å²) in [6, 6.07) is 11.7. The monoisotopic (exact) mass is 285 g/mol. The first-order valence-corrected chi connectivity index (χ1v) is 6.57. The quantitative estimate of drug-likeness (QED) is 0.470. The summed E-state index contributed by atoms with van der Waals surface area (Å²) in [6.45, 7) is 3.34. The molecule has 0 aliphatic heterocycles. The summed E-state index contributed by atoms with van der Waals surface area (Å²) in [6.07, 6.45) is 0.885. The number of ketones is 1. The SMILES string of the molecule is CCc1cccc(Oc2ccc([N+](=O)[O-])c(C(C)=O)c2)c1. The number of nitro groups is 1. The molecule has 0 spiro atoms. The molecule has 0 radical (unpaired) electrons. The van der Waals surface area contributed by atoms with Crippen molar-refractivity contribution in [3.05, 3.63) is 63.7 Å². The number of ether oxygens (including phenoxy) is 1. The highest BCUT2D eigenvalue weighted by molar-refractivity contribution is 5.98. The highest BCUT2D eigenvalue weighted by atomic mass is 16.6. The van der Waals surface area contributed by atoms with Gasteiger partial charge in [-0.15, -0.1) is 0 Å². The van der Waals surface area contributed by atoms with E-state index >= 15 is 0 Å². The van der Waals surface area contributed by atoms with Crippen molar-refractivity contribution in [2.75, 3.05) is 0 Å². The van der Waals surface area contributed by atoms with E-state index in [0.717, 1.165) is 12.0 Å². The molecule has 0 N–H and O–H groups in total. The van der Waals surface area contributed by atoms with Gasteiger partial charge in [0.15, 0.2) is 5.78 Å². The number of nitrogens with zero attached hydrogens (tertiary/aromatic N) is 1. The molecule has 0 saturated carbocycles. The number of carbonyl (C=O) groups excluding carboxylic acids is 1. The fraction of sp³-hybridized carbons (Fsp3) is 0.188. The first-order chi connectivity index (χ1) is 10.0. The van der Waals surface area contributed by atoms with Crippen LogP contribution in [0.3, 0.4) is 0 Å². The predicted molar refractivity (Wildman–Crippen MR) is 79.0 cm³/mol. The van der Waals surface area contributed by atoms with E-state index in [2.05, 4.69) is 0 Å². The minimum Gasteiger partial charge on any atom is -0.457 e. The molecule has 0 bridgehead atoms. The fourth-order valence-electron chi connectivity index (χ4n) is 1.98. The van der Waals surface area contributed by atoms with E-state index in [9.17, 15) is 14.9 Å². The molecular formula is C16H15NO4. The largest absolute Gasteiger partial charge is 0.457 e. The number of aryl methyl sites for hydroxylation is 1. The van der Waals surface area contributed by atoms with Crippen molar-refractivity contribution >= 4 is 11.5 Å². The van der Waals surface area contributed by atoms with Crippen molar-refractivity contribution in [3.8, 4) is 11.5 Å². The maximum atomic E-state index is 11.5. The molecule has 5 nitrogen and oxygen atoms in total. The molecule has 0 amide bonds. The van der Waals surface area contributed by atoms with Crippen LogP contribution in [-0.2, 0) is 6.42 Å². The Balaban J connectivity index is 2.34. The van der Waals surface area contributed by atoms with Crippen LogP contribution in [0.4, 0.5) is 5.69 Å². The zero-order valence-electron chi connectivity index (χ0n) is 11.8. The van der Waals surface area contributed by atoms with Gasteiger partial charge in [0.1, 0.15) is 11.5 Å². The molecule has 0 aromatic heterocycles. The van der Waals surface area contributed by atoms with Crippen LogP contribution in [0.2, 0.25) is 0 Å². The summed E-state index contributed by atoms with van der Waals surface area (Å²) in [7, 11) is 0. The zero-order valence-corrected chi connectivity index (χ0v) is 11.8. The van der Waals surface area contributed by atoms with Crippen molar-refractivity contribution in [3.63, 3.8) is 0 Å². The van der Waals surface area contributed by atoms with E-state index in [1.54, 1.807) is 6.07 Å². The summed E-state index contributed by atoms with van der Waals surface area (Å²) >= 11 is 0. The van der Waals surface area contributed by atoms with Gasteiger partial charge in [-0.3, -0.25) is 14.9 Å². The Bertz CT molecular complexity index is 694. The van der Waals surface area contributed by atoms with Gasteiger partial charge in [-0.25, -0.2) is 0 Å². The highest BCUT2D eigenvalue weighted by Crippen LogP contribution is 2.28. The average Bonchev–Trinajstić information content (AvgIpc) is 2.47. The third-order valence-corrected chi connectivity index (χ3v) is 3.09. The third-order valence-electron chi connectivity index (χ3n) is 3.09. The molecule has 0 aliphatic rings. The second kappa shape index (κ2) is 6.17. The van der Waals surface area contributed by atoms with Crippen LogP contribution >= 0.6 is 0 Å². The summed E-state index contributed by atoms with van der Waals surface area (Å²) in [5.41, 5.74) is 0.961. The van der Waals surface area contributed by atoms with Gasteiger partial charge in [0.25, 0.3) is 5.69 Å². The zero-order chi connectivity index (χ0) is 15.4. The first-order valence-electron chi connectivity index (χ1n) is 6.57. The number of benzene rings is 2. The van der Waals surface area contributed by atoms with Gasteiger partial charge in [-0.2, -0.15) is 0 Å². The summed E-state index contributed by atoms with van der Waals surface area (Å²) in [5.74, 6) is 0.672. The first kappa shape index (κ1) is 14.7. The fourth-order valence-corrected chi connectivity index (χ4v) is 1.98. The Hall–Kier alpha value is -2.69. The maximum Gasteiger partial charge on any atom is 0.280 e. The van der Waals surface area contributed by atoms with E-state index < -0.39 is 4.92 Å². The Morgan fingerprint density at radius 2 is 1.90 bits per heavy atom. The molecule has 0 heterocycles. The van der Waals surface area contributed by atoms with Gasteiger partial charge in [0.05, 0.1) is 10.5 Å². The second-order valence-corrected chi connectivity index (χ2v) is 4.60. The van der Waals surface area contributed by atoms with Crippen molar-refractivity contribution in [1.29, 1.82) is 0 Å². The van der Waals surface area contributed by atoms with Gasteiger partial charge in [-0.1, -0.05) is 19.1 Å². The standard InChI is InChI=1S/C16H15NO4/c1-3-12-5-4-6-13(9-12)21-14-7-8-16(17(19)20)15(10-14)11(2)18/h4-10H,3H2,1-2H3. The number of nitro benzene ring substituents is 1. The van der Waals surface area contributed by atoms with Crippen molar-refractivity contribution in [2.24, 2.45) is 0 Å². The lowest BCUT2D eigenvalue weighted by atomic mass is 10.1. The van der Waals surface area contributed by atoms with Crippen LogP contribution in [0, 0.1) is 10.1 Å². The summed E-state index contributed by atoms with van der Waals surface area (Å²) in [5, 5.41) is 10.9. The molecule has 0 saturated heterocycles. The van der Waals surface area contributed by atoms with Gasteiger partial charge in [0.2, 0.25) is 0 Å². The number of hydrogen-bond donors (Lipinski definition) is 0. The van der Waals surface area contributed by atoms with Crippen LogP contribution in [0.15, 0.2) is 42.5 Å². The average molecular weight is 285 g/mol. The Labute approximate surface area is 122 Å². The molecular weight excluding hydrogens is 270 g/mol. The topological polar surface area (TPSA) is 69.4 Å². The molecule has 5 heteroatoms. The Kier molecular flexibility index (Phi) is 4.33. The molecule has 0 fully saturated rings.